The van der Waals surface area contributed by atoms with Crippen molar-refractivity contribution >= 4 is 11.3 Å². The lowest BCUT2D eigenvalue weighted by Gasteiger charge is -2.06. The van der Waals surface area contributed by atoms with Crippen LogP contribution in [0, 0.1) is 11.3 Å². The number of ether oxygens (including phenoxy) is 1. The van der Waals surface area contributed by atoms with Crippen molar-refractivity contribution in [3.8, 4) is 11.8 Å². The van der Waals surface area contributed by atoms with Crippen LogP contribution >= 0.6 is 11.3 Å². The summed E-state index contributed by atoms with van der Waals surface area (Å²) in [6.07, 6.45) is 0. The molecule has 0 atom stereocenters. The van der Waals surface area contributed by atoms with Gasteiger partial charge in [-0.3, -0.25) is 0 Å². The summed E-state index contributed by atoms with van der Waals surface area (Å²) in [6.45, 7) is -1.51. The van der Waals surface area contributed by atoms with E-state index in [1.54, 1.807) is 12.1 Å². The standard InChI is InChI=1S/C14H12F2N2OS/c15-14(16)19-12-3-1-10(2-4-12)7-18-8-13-5-11(6-17)9-20-13/h1-5,9,14,18H,7-8H2. The molecular weight excluding hydrogens is 282 g/mol. The maximum absolute atomic E-state index is 12.0. The summed E-state index contributed by atoms with van der Waals surface area (Å²) in [5.74, 6) is 0.153. The molecule has 0 spiro atoms. The SMILES string of the molecule is N#Cc1csc(CNCc2ccc(OC(F)F)cc2)c1. The number of nitriles is 1. The molecule has 1 heterocycles. The molecular formula is C14H12F2N2OS. The van der Waals surface area contributed by atoms with Gasteiger partial charge in [0.25, 0.3) is 0 Å². The van der Waals surface area contributed by atoms with Crippen molar-refractivity contribution in [3.63, 3.8) is 0 Å². The van der Waals surface area contributed by atoms with Gasteiger partial charge in [-0.2, -0.15) is 14.0 Å². The molecule has 1 N–H and O–H groups in total. The fraction of sp³-hybridized carbons (Fsp3) is 0.214. The molecule has 0 fully saturated rings. The Morgan fingerprint density at radius 2 is 2.00 bits per heavy atom. The zero-order valence-electron chi connectivity index (χ0n) is 10.5. The first-order valence-electron chi connectivity index (χ1n) is 5.89. The van der Waals surface area contributed by atoms with Crippen LogP contribution in [0.2, 0.25) is 0 Å². The van der Waals surface area contributed by atoms with Crippen molar-refractivity contribution in [3.05, 3.63) is 51.7 Å². The summed E-state index contributed by atoms with van der Waals surface area (Å²) < 4.78 is 28.2. The zero-order valence-corrected chi connectivity index (χ0v) is 11.3. The van der Waals surface area contributed by atoms with Gasteiger partial charge in [0.1, 0.15) is 11.8 Å². The van der Waals surface area contributed by atoms with E-state index in [1.807, 2.05) is 11.4 Å². The maximum Gasteiger partial charge on any atom is 0.387 e. The summed E-state index contributed by atoms with van der Waals surface area (Å²) >= 11 is 1.53. The zero-order chi connectivity index (χ0) is 14.4. The second-order valence-corrected chi connectivity index (χ2v) is 5.04. The highest BCUT2D eigenvalue weighted by atomic mass is 32.1. The molecule has 0 saturated heterocycles. The highest BCUT2D eigenvalue weighted by Crippen LogP contribution is 2.16. The van der Waals surface area contributed by atoms with Crippen molar-refractivity contribution in [2.45, 2.75) is 19.7 Å². The average molecular weight is 294 g/mol. The molecule has 2 aromatic rings. The van der Waals surface area contributed by atoms with Gasteiger partial charge in [0.2, 0.25) is 0 Å². The second-order valence-electron chi connectivity index (χ2n) is 4.04. The van der Waals surface area contributed by atoms with Crippen molar-refractivity contribution in [2.75, 3.05) is 0 Å². The van der Waals surface area contributed by atoms with Crippen LogP contribution in [0.25, 0.3) is 0 Å². The Kier molecular flexibility index (Phi) is 5.04. The van der Waals surface area contributed by atoms with Crippen LogP contribution in [0.1, 0.15) is 16.0 Å². The third-order valence-corrected chi connectivity index (χ3v) is 3.50. The molecule has 0 unspecified atom stereocenters. The van der Waals surface area contributed by atoms with Gasteiger partial charge in [-0.05, 0) is 23.8 Å². The Balaban J connectivity index is 1.80. The smallest absolute Gasteiger partial charge is 0.387 e. The lowest BCUT2D eigenvalue weighted by molar-refractivity contribution is -0.0498. The maximum atomic E-state index is 12.0. The van der Waals surface area contributed by atoms with E-state index in [2.05, 4.69) is 16.1 Å². The molecule has 0 radical (unpaired) electrons. The van der Waals surface area contributed by atoms with E-state index < -0.39 is 6.61 Å². The molecule has 0 bridgehead atoms. The van der Waals surface area contributed by atoms with Crippen LogP contribution in [0.15, 0.2) is 35.7 Å². The molecule has 104 valence electrons. The van der Waals surface area contributed by atoms with Gasteiger partial charge in [-0.15, -0.1) is 11.3 Å². The van der Waals surface area contributed by atoms with Crippen LogP contribution in [0.5, 0.6) is 5.75 Å². The van der Waals surface area contributed by atoms with Crippen molar-refractivity contribution in [2.24, 2.45) is 0 Å². The molecule has 0 aliphatic heterocycles. The van der Waals surface area contributed by atoms with Gasteiger partial charge in [0.15, 0.2) is 0 Å². The van der Waals surface area contributed by atoms with Crippen LogP contribution in [-0.2, 0) is 13.1 Å². The Labute approximate surface area is 119 Å². The Morgan fingerprint density at radius 1 is 1.25 bits per heavy atom. The molecule has 20 heavy (non-hydrogen) atoms. The predicted molar refractivity (Wildman–Crippen MR) is 72.7 cm³/mol. The molecule has 3 nitrogen and oxygen atoms in total. The number of benzene rings is 1. The number of nitrogens with one attached hydrogen (secondary N) is 1. The molecule has 0 saturated carbocycles. The molecule has 0 aliphatic rings. The molecule has 0 amide bonds. The van der Waals surface area contributed by atoms with Gasteiger partial charge in [0, 0.05) is 23.3 Å². The number of rotatable bonds is 6. The van der Waals surface area contributed by atoms with Crippen molar-refractivity contribution < 1.29 is 13.5 Å². The fourth-order valence-electron chi connectivity index (χ4n) is 1.65. The number of hydrogen-bond acceptors (Lipinski definition) is 4. The first-order valence-corrected chi connectivity index (χ1v) is 6.77. The number of thiophene rings is 1. The molecule has 1 aromatic carbocycles. The quantitative estimate of drug-likeness (QED) is 0.886. The van der Waals surface area contributed by atoms with Gasteiger partial charge in [0.05, 0.1) is 5.56 Å². The normalized spacial score (nSPS) is 10.5. The van der Waals surface area contributed by atoms with Crippen molar-refractivity contribution in [1.29, 1.82) is 5.26 Å². The minimum atomic E-state index is -2.80. The number of nitrogens with zero attached hydrogens (tertiary/aromatic N) is 1. The molecule has 0 aliphatic carbocycles. The summed E-state index contributed by atoms with van der Waals surface area (Å²) in [5, 5.41) is 13.8. The topological polar surface area (TPSA) is 45.0 Å². The minimum Gasteiger partial charge on any atom is -0.435 e. The molecule has 1 aromatic heterocycles. The number of alkyl halides is 2. The van der Waals surface area contributed by atoms with Crippen LogP contribution in [0.4, 0.5) is 8.78 Å². The van der Waals surface area contributed by atoms with E-state index in [-0.39, 0.29) is 5.75 Å². The Morgan fingerprint density at radius 3 is 2.60 bits per heavy atom. The third kappa shape index (κ3) is 4.30. The van der Waals surface area contributed by atoms with Crippen molar-refractivity contribution in [1.82, 2.24) is 5.32 Å². The number of halogens is 2. The monoisotopic (exact) mass is 294 g/mol. The fourth-order valence-corrected chi connectivity index (χ4v) is 2.43. The highest BCUT2D eigenvalue weighted by Gasteiger charge is 2.04. The highest BCUT2D eigenvalue weighted by molar-refractivity contribution is 7.10. The number of hydrogen-bond donors (Lipinski definition) is 1. The van der Waals surface area contributed by atoms with E-state index in [0.29, 0.717) is 18.7 Å². The molecule has 2 rings (SSSR count). The second kappa shape index (κ2) is 6.98. The van der Waals surface area contributed by atoms with Gasteiger partial charge >= 0.3 is 6.61 Å². The summed E-state index contributed by atoms with van der Waals surface area (Å²) in [6, 6.07) is 10.4. The van der Waals surface area contributed by atoms with E-state index >= 15 is 0 Å². The van der Waals surface area contributed by atoms with Gasteiger partial charge < -0.3 is 10.1 Å². The Bertz CT molecular complexity index is 590. The predicted octanol–water partition coefficient (Wildman–Crippen LogP) is 3.51. The van der Waals surface area contributed by atoms with Crippen LogP contribution in [0.3, 0.4) is 0 Å². The van der Waals surface area contributed by atoms with E-state index in [1.165, 1.54) is 23.5 Å². The minimum absolute atomic E-state index is 0.153. The van der Waals surface area contributed by atoms with E-state index in [4.69, 9.17) is 5.26 Å². The van der Waals surface area contributed by atoms with Gasteiger partial charge in [-0.1, -0.05) is 12.1 Å². The lowest BCUT2D eigenvalue weighted by Crippen LogP contribution is -2.11. The van der Waals surface area contributed by atoms with Crippen LogP contribution in [-0.4, -0.2) is 6.61 Å². The van der Waals surface area contributed by atoms with E-state index in [9.17, 15) is 8.78 Å². The third-order valence-electron chi connectivity index (χ3n) is 2.56. The van der Waals surface area contributed by atoms with E-state index in [0.717, 1.165) is 10.4 Å². The Hall–Kier alpha value is -1.97. The summed E-state index contributed by atoms with van der Waals surface area (Å²) in [4.78, 5) is 1.08. The summed E-state index contributed by atoms with van der Waals surface area (Å²) in [5.41, 5.74) is 1.64. The first-order chi connectivity index (χ1) is 9.67. The lowest BCUT2D eigenvalue weighted by atomic mass is 10.2. The average Bonchev–Trinajstić information content (AvgIpc) is 2.88. The first kappa shape index (κ1) is 14.4. The largest absolute Gasteiger partial charge is 0.435 e. The van der Waals surface area contributed by atoms with Crippen LogP contribution < -0.4 is 10.1 Å². The summed E-state index contributed by atoms with van der Waals surface area (Å²) in [7, 11) is 0. The van der Waals surface area contributed by atoms with Gasteiger partial charge in [-0.25, -0.2) is 0 Å². The molecule has 6 heteroatoms.